The van der Waals surface area contributed by atoms with Gasteiger partial charge in [-0.15, -0.1) is 22.9 Å². The molecule has 0 aliphatic rings. The first-order valence-corrected chi connectivity index (χ1v) is 6.99. The zero-order chi connectivity index (χ0) is 11.2. The third kappa shape index (κ3) is 3.20. The highest BCUT2D eigenvalue weighted by atomic mass is 35.5. The third-order valence-corrected chi connectivity index (χ3v) is 3.47. The quantitative estimate of drug-likeness (QED) is 0.611. The molecule has 0 spiro atoms. The minimum atomic E-state index is 0.775. The zero-order valence-corrected chi connectivity index (χ0v) is 10.7. The highest BCUT2D eigenvalue weighted by Crippen LogP contribution is 2.10. The maximum atomic E-state index is 5.61. The molecule has 0 aliphatic heterocycles. The van der Waals surface area contributed by atoms with Crippen LogP contribution in [0.4, 0.5) is 0 Å². The number of halogens is 1. The van der Waals surface area contributed by atoms with Crippen LogP contribution in [0.25, 0.3) is 4.96 Å². The monoisotopic (exact) mass is 257 g/mol. The lowest BCUT2D eigenvalue weighted by Gasteiger charge is -2.01. The summed E-state index contributed by atoms with van der Waals surface area (Å²) in [6, 6.07) is 0. The van der Waals surface area contributed by atoms with Gasteiger partial charge >= 0.3 is 0 Å². The van der Waals surface area contributed by atoms with Crippen LogP contribution in [-0.4, -0.2) is 21.8 Å². The van der Waals surface area contributed by atoms with Crippen LogP contribution < -0.4 is 5.32 Å². The first-order chi connectivity index (χ1) is 7.90. The van der Waals surface area contributed by atoms with E-state index >= 15 is 0 Å². The Morgan fingerprint density at radius 1 is 1.38 bits per heavy atom. The Labute approximate surface area is 104 Å². The number of imidazole rings is 1. The molecule has 0 fully saturated rings. The Kier molecular flexibility index (Phi) is 4.63. The Hall–Kier alpha value is -0.580. The van der Waals surface area contributed by atoms with Crippen LogP contribution in [-0.2, 0) is 6.54 Å². The number of unbranched alkanes of at least 4 members (excludes halogenated alkanes) is 2. The number of nitrogens with zero attached hydrogens (tertiary/aromatic N) is 2. The summed E-state index contributed by atoms with van der Waals surface area (Å²) in [5.74, 6) is 0.775. The molecule has 2 rings (SSSR count). The Bertz CT molecular complexity index is 395. The second-order valence-electron chi connectivity index (χ2n) is 3.75. The molecule has 0 radical (unpaired) electrons. The lowest BCUT2D eigenvalue weighted by molar-refractivity contribution is 0.613. The zero-order valence-electron chi connectivity index (χ0n) is 9.16. The number of hydrogen-bond acceptors (Lipinski definition) is 3. The fourth-order valence-electron chi connectivity index (χ4n) is 1.60. The largest absolute Gasteiger partial charge is 0.311 e. The van der Waals surface area contributed by atoms with E-state index in [0.29, 0.717) is 0 Å². The van der Waals surface area contributed by atoms with Gasteiger partial charge in [0.15, 0.2) is 4.96 Å². The van der Waals surface area contributed by atoms with Crippen molar-refractivity contribution >= 4 is 27.9 Å². The van der Waals surface area contributed by atoms with Crippen molar-refractivity contribution in [2.24, 2.45) is 0 Å². The molecule has 88 valence electrons. The Morgan fingerprint density at radius 2 is 2.31 bits per heavy atom. The van der Waals surface area contributed by atoms with Crippen molar-refractivity contribution < 1.29 is 0 Å². The van der Waals surface area contributed by atoms with Crippen LogP contribution in [0, 0.1) is 0 Å². The predicted molar refractivity (Wildman–Crippen MR) is 69.3 cm³/mol. The van der Waals surface area contributed by atoms with Crippen molar-refractivity contribution in [2.45, 2.75) is 25.8 Å². The summed E-state index contributed by atoms with van der Waals surface area (Å²) in [5, 5.41) is 5.44. The number of aromatic nitrogens is 2. The summed E-state index contributed by atoms with van der Waals surface area (Å²) in [4.78, 5) is 5.57. The molecule has 0 aliphatic carbocycles. The highest BCUT2D eigenvalue weighted by molar-refractivity contribution is 7.15. The van der Waals surface area contributed by atoms with Crippen LogP contribution in [0.2, 0.25) is 0 Å². The minimum absolute atomic E-state index is 0.775. The number of hydrogen-bond donors (Lipinski definition) is 1. The number of alkyl halides is 1. The van der Waals surface area contributed by atoms with Gasteiger partial charge in [-0.25, -0.2) is 4.98 Å². The first kappa shape index (κ1) is 11.9. The second-order valence-corrected chi connectivity index (χ2v) is 5.00. The van der Waals surface area contributed by atoms with Crippen molar-refractivity contribution in [3.05, 3.63) is 23.5 Å². The van der Waals surface area contributed by atoms with E-state index in [0.717, 1.165) is 36.0 Å². The van der Waals surface area contributed by atoms with Gasteiger partial charge in [0.05, 0.1) is 5.69 Å². The van der Waals surface area contributed by atoms with Gasteiger partial charge in [-0.3, -0.25) is 4.40 Å². The van der Waals surface area contributed by atoms with Gasteiger partial charge in [-0.05, 0) is 19.4 Å². The van der Waals surface area contributed by atoms with E-state index in [4.69, 9.17) is 11.6 Å². The molecule has 0 saturated heterocycles. The fourth-order valence-corrected chi connectivity index (χ4v) is 2.51. The average Bonchev–Trinajstić information content (AvgIpc) is 2.83. The van der Waals surface area contributed by atoms with E-state index in [2.05, 4.69) is 20.9 Å². The summed E-state index contributed by atoms with van der Waals surface area (Å²) < 4.78 is 2.06. The average molecular weight is 258 g/mol. The number of thiazole rings is 1. The molecule has 5 heteroatoms. The normalized spacial score (nSPS) is 11.3. The van der Waals surface area contributed by atoms with Gasteiger partial charge in [0.2, 0.25) is 0 Å². The van der Waals surface area contributed by atoms with E-state index in [9.17, 15) is 0 Å². The lowest BCUT2D eigenvalue weighted by Crippen LogP contribution is -2.14. The third-order valence-electron chi connectivity index (χ3n) is 2.44. The molecule has 2 aromatic heterocycles. The van der Waals surface area contributed by atoms with Gasteiger partial charge in [0, 0.05) is 30.2 Å². The smallest absolute Gasteiger partial charge is 0.193 e. The summed E-state index contributed by atoms with van der Waals surface area (Å²) in [6.45, 7) is 1.90. The standard InChI is InChI=1S/C11H16ClN3S/c12-4-2-1-3-5-13-8-10-9-15-6-7-16-11(15)14-10/h6-7,9,13H,1-5,8H2. The molecule has 0 amide bonds. The SMILES string of the molecule is ClCCCCCNCc1cn2ccsc2n1. The van der Waals surface area contributed by atoms with E-state index < -0.39 is 0 Å². The Balaban J connectivity index is 1.68. The molecule has 2 aromatic rings. The molecule has 0 aromatic carbocycles. The summed E-state index contributed by atoms with van der Waals surface area (Å²) in [5.41, 5.74) is 1.11. The van der Waals surface area contributed by atoms with Gasteiger partial charge in [-0.1, -0.05) is 6.42 Å². The summed E-state index contributed by atoms with van der Waals surface area (Å²) in [6.07, 6.45) is 7.63. The van der Waals surface area contributed by atoms with Gasteiger partial charge < -0.3 is 5.32 Å². The van der Waals surface area contributed by atoms with E-state index in [-0.39, 0.29) is 0 Å². The van der Waals surface area contributed by atoms with Gasteiger partial charge in [0.1, 0.15) is 0 Å². The van der Waals surface area contributed by atoms with Crippen molar-refractivity contribution in [3.63, 3.8) is 0 Å². The Morgan fingerprint density at radius 3 is 3.12 bits per heavy atom. The maximum Gasteiger partial charge on any atom is 0.193 e. The highest BCUT2D eigenvalue weighted by Gasteiger charge is 2.01. The summed E-state index contributed by atoms with van der Waals surface area (Å²) >= 11 is 7.28. The molecule has 0 bridgehead atoms. The molecule has 2 heterocycles. The lowest BCUT2D eigenvalue weighted by atomic mass is 10.2. The molecule has 0 unspecified atom stereocenters. The first-order valence-electron chi connectivity index (χ1n) is 5.58. The van der Waals surface area contributed by atoms with Crippen molar-refractivity contribution in [2.75, 3.05) is 12.4 Å². The molecule has 0 atom stereocenters. The van der Waals surface area contributed by atoms with Crippen LogP contribution in [0.15, 0.2) is 17.8 Å². The molecule has 0 saturated carbocycles. The van der Waals surface area contributed by atoms with Crippen LogP contribution >= 0.6 is 22.9 Å². The van der Waals surface area contributed by atoms with Crippen molar-refractivity contribution in [1.29, 1.82) is 0 Å². The number of nitrogens with one attached hydrogen (secondary N) is 1. The number of fused-ring (bicyclic) bond motifs is 1. The molecule has 1 N–H and O–H groups in total. The fraction of sp³-hybridized carbons (Fsp3) is 0.545. The van der Waals surface area contributed by atoms with Crippen molar-refractivity contribution in [3.8, 4) is 0 Å². The second kappa shape index (κ2) is 6.23. The molecular formula is C11H16ClN3S. The van der Waals surface area contributed by atoms with Crippen LogP contribution in [0.3, 0.4) is 0 Å². The van der Waals surface area contributed by atoms with Gasteiger partial charge in [0.25, 0.3) is 0 Å². The van der Waals surface area contributed by atoms with Crippen LogP contribution in [0.1, 0.15) is 25.0 Å². The molecule has 3 nitrogen and oxygen atoms in total. The van der Waals surface area contributed by atoms with Crippen molar-refractivity contribution in [1.82, 2.24) is 14.7 Å². The summed E-state index contributed by atoms with van der Waals surface area (Å²) in [7, 11) is 0. The van der Waals surface area contributed by atoms with Crippen LogP contribution in [0.5, 0.6) is 0 Å². The maximum absolute atomic E-state index is 5.61. The minimum Gasteiger partial charge on any atom is -0.311 e. The number of rotatable bonds is 7. The van der Waals surface area contributed by atoms with E-state index in [1.165, 1.54) is 12.8 Å². The molecule has 16 heavy (non-hydrogen) atoms. The van der Waals surface area contributed by atoms with Gasteiger partial charge in [-0.2, -0.15) is 0 Å². The van der Waals surface area contributed by atoms with E-state index in [1.54, 1.807) is 11.3 Å². The topological polar surface area (TPSA) is 29.3 Å². The predicted octanol–water partition coefficient (Wildman–Crippen LogP) is 2.89. The molecular weight excluding hydrogens is 242 g/mol. The van der Waals surface area contributed by atoms with E-state index in [1.807, 2.05) is 11.6 Å².